The Morgan fingerprint density at radius 3 is 1.29 bits per heavy atom. The Hall–Kier alpha value is -2.20. The molecule has 0 spiro atoms. The first-order chi connectivity index (χ1) is 14.9. The summed E-state index contributed by atoms with van der Waals surface area (Å²) in [6.07, 6.45) is 16.3. The molecule has 0 atom stereocenters. The maximum atomic E-state index is 10.3. The van der Waals surface area contributed by atoms with Crippen molar-refractivity contribution in [3.8, 4) is 11.5 Å². The zero-order valence-electron chi connectivity index (χ0n) is 19.0. The quantitative estimate of drug-likeness (QED) is 0.527. The van der Waals surface area contributed by atoms with Crippen molar-refractivity contribution in [3.63, 3.8) is 0 Å². The predicted molar refractivity (Wildman–Crippen MR) is 129 cm³/mol. The number of rotatable bonds is 2. The first-order valence-corrected chi connectivity index (χ1v) is 17.8. The minimum absolute atomic E-state index is 0.0718. The van der Waals surface area contributed by atoms with Gasteiger partial charge in [-0.2, -0.15) is 0 Å². The van der Waals surface area contributed by atoms with E-state index in [0.717, 1.165) is 0 Å². The summed E-state index contributed by atoms with van der Waals surface area (Å²) < 4.78 is 5.37. The van der Waals surface area contributed by atoms with E-state index in [9.17, 15) is 10.2 Å². The number of hydrogen-bond acceptors (Lipinski definition) is 2. The minimum Gasteiger partial charge on any atom is -0.872 e. The smallest absolute Gasteiger partial charge is 0.0623 e. The fourth-order valence-corrected chi connectivity index (χ4v) is 23.9. The molecule has 31 heavy (non-hydrogen) atoms. The molecule has 0 heterocycles. The van der Waals surface area contributed by atoms with E-state index >= 15 is 0 Å². The molecular weight excluding hydrogens is 432 g/mol. The van der Waals surface area contributed by atoms with E-state index in [-0.39, 0.29) is 17.7 Å². The van der Waals surface area contributed by atoms with E-state index in [4.69, 9.17) is 0 Å². The molecule has 4 heteroatoms. The second kappa shape index (κ2) is 12.6. The maximum Gasteiger partial charge on any atom is -0.0623 e. The van der Waals surface area contributed by atoms with Gasteiger partial charge in [-0.1, -0.05) is 60.7 Å². The molecule has 0 radical (unpaired) electrons. The van der Waals surface area contributed by atoms with Crippen LogP contribution in [0.2, 0.25) is 13.1 Å². The topological polar surface area (TPSA) is 46.1 Å². The second-order valence-corrected chi connectivity index (χ2v) is 23.7. The molecule has 0 aliphatic heterocycles. The van der Waals surface area contributed by atoms with Crippen LogP contribution in [0.5, 0.6) is 11.5 Å². The van der Waals surface area contributed by atoms with Gasteiger partial charge in [-0.05, 0) is 0 Å². The molecule has 0 saturated heterocycles. The molecule has 0 saturated carbocycles. The summed E-state index contributed by atoms with van der Waals surface area (Å²) in [5.74, 6) is 0.144. The molecule has 2 aliphatic carbocycles. The maximum absolute atomic E-state index is 10.3. The van der Waals surface area contributed by atoms with Crippen LogP contribution in [-0.4, -0.2) is 10.00 Å². The number of para-hydroxylation sites is 2. The summed E-state index contributed by atoms with van der Waals surface area (Å²) in [7, 11) is 0. The van der Waals surface area contributed by atoms with Gasteiger partial charge in [0.05, 0.1) is 0 Å². The summed E-state index contributed by atoms with van der Waals surface area (Å²) in [6, 6.07) is 16.7. The van der Waals surface area contributed by atoms with Gasteiger partial charge in [0.2, 0.25) is 0 Å². The Kier molecular flexibility index (Phi) is 10.2. The summed E-state index contributed by atoms with van der Waals surface area (Å²) in [6.45, 7) is 9.87. The van der Waals surface area contributed by atoms with Crippen molar-refractivity contribution >= 4 is 10.00 Å². The van der Waals surface area contributed by atoms with Crippen LogP contribution in [0.15, 0.2) is 105 Å². The van der Waals surface area contributed by atoms with Gasteiger partial charge >= 0.3 is 109 Å². The molecule has 0 aromatic heterocycles. The molecule has 4 rings (SSSR count). The number of allylic oxidation sites excluding steroid dienone is 8. The summed E-state index contributed by atoms with van der Waals surface area (Å²) in [4.78, 5) is 0. The SMILES string of the molecule is C[C](C)=[Ti+2]([C]1=CC=CC1)([C]1=CC=CC1)=[Si](C)C.[O-]c1ccccc1.[O-]c1ccccc1. The Labute approximate surface area is 190 Å². The normalized spacial score (nSPS) is 12.9. The molecule has 0 fully saturated rings. The Morgan fingerprint density at radius 2 is 1.10 bits per heavy atom. The largest absolute Gasteiger partial charge is 0.872 e. The molecule has 0 bridgehead atoms. The van der Waals surface area contributed by atoms with Gasteiger partial charge < -0.3 is 10.2 Å². The number of benzene rings is 2. The number of hydrogen-bond donors (Lipinski definition) is 0. The van der Waals surface area contributed by atoms with Gasteiger partial charge in [-0.25, -0.2) is 0 Å². The minimum atomic E-state index is -2.08. The van der Waals surface area contributed by atoms with E-state index in [2.05, 4.69) is 63.4 Å². The zero-order chi connectivity index (χ0) is 22.7. The third-order valence-electron chi connectivity index (χ3n) is 5.49. The molecule has 2 aromatic rings. The Morgan fingerprint density at radius 1 is 0.710 bits per heavy atom. The van der Waals surface area contributed by atoms with Crippen molar-refractivity contribution in [2.75, 3.05) is 0 Å². The molecule has 160 valence electrons. The Bertz CT molecular complexity index is 997. The van der Waals surface area contributed by atoms with Gasteiger partial charge in [0, 0.05) is 0 Å². The zero-order valence-corrected chi connectivity index (χ0v) is 21.5. The van der Waals surface area contributed by atoms with Crippen LogP contribution in [0.4, 0.5) is 0 Å². The Balaban J connectivity index is 0.000000199. The van der Waals surface area contributed by atoms with Crippen molar-refractivity contribution in [2.24, 2.45) is 0 Å². The van der Waals surface area contributed by atoms with E-state index in [1.54, 1.807) is 35.8 Å². The monoisotopic (exact) mass is 464 g/mol. The predicted octanol–water partition coefficient (Wildman–Crippen LogP) is 5.81. The van der Waals surface area contributed by atoms with Crippen LogP contribution in [0.25, 0.3) is 0 Å². The summed E-state index contributed by atoms with van der Waals surface area (Å²) in [5, 5.41) is 20.5. The van der Waals surface area contributed by atoms with Crippen molar-refractivity contribution in [1.29, 1.82) is 0 Å². The average Bonchev–Trinajstić information content (AvgIpc) is 3.46. The fraction of sp³-hybridized carbons (Fsp3) is 0.222. The molecule has 2 nitrogen and oxygen atoms in total. The van der Waals surface area contributed by atoms with Crippen molar-refractivity contribution in [1.82, 2.24) is 0 Å². The van der Waals surface area contributed by atoms with Gasteiger partial charge in [0.1, 0.15) is 0 Å². The third-order valence-corrected chi connectivity index (χ3v) is 25.2. The second-order valence-electron chi connectivity index (χ2n) is 8.02. The molecular formula is C27H32O2SiTi. The first kappa shape index (κ1) is 25.1. The fourth-order valence-electron chi connectivity index (χ4n) is 4.28. The van der Waals surface area contributed by atoms with E-state index < -0.39 is 14.9 Å². The van der Waals surface area contributed by atoms with Crippen LogP contribution >= 0.6 is 0 Å². The first-order valence-electron chi connectivity index (χ1n) is 10.7. The molecule has 0 amide bonds. The summed E-state index contributed by atoms with van der Waals surface area (Å²) in [5.41, 5.74) is 0. The van der Waals surface area contributed by atoms with Gasteiger partial charge in [-0.3, -0.25) is 0 Å². The average molecular weight is 465 g/mol. The summed E-state index contributed by atoms with van der Waals surface area (Å²) >= 11 is -2.08. The van der Waals surface area contributed by atoms with E-state index in [1.807, 2.05) is 12.1 Å². The van der Waals surface area contributed by atoms with Crippen molar-refractivity contribution in [3.05, 3.63) is 105 Å². The van der Waals surface area contributed by atoms with Crippen LogP contribution in [0, 0.1) is 0 Å². The molecule has 0 unspecified atom stereocenters. The van der Waals surface area contributed by atoms with Crippen molar-refractivity contribution < 1.29 is 25.1 Å². The third kappa shape index (κ3) is 6.90. The van der Waals surface area contributed by atoms with Gasteiger partial charge in [0.25, 0.3) is 0 Å². The van der Waals surface area contributed by atoms with Gasteiger partial charge in [-0.15, -0.1) is 11.5 Å². The van der Waals surface area contributed by atoms with Crippen LogP contribution < -0.4 is 10.2 Å². The standard InChI is InChI=1S/2C6H6O.2C5H5.C3H6.C2H6Si.Ti/c2*7-6-4-2-1-3-5-6;2*1-2-4-5-3-1;2*1-3-2;/h2*1-5,7H;2*1-3H,4H2;2*1-2H3;/q;;;;;;+2/p-2. The van der Waals surface area contributed by atoms with Crippen LogP contribution in [0.1, 0.15) is 26.7 Å². The molecule has 2 aromatic carbocycles. The van der Waals surface area contributed by atoms with Crippen molar-refractivity contribution in [2.45, 2.75) is 39.8 Å². The molecule has 2 aliphatic rings. The van der Waals surface area contributed by atoms with Crippen LogP contribution in [-0.2, 0) is 14.9 Å². The van der Waals surface area contributed by atoms with E-state index in [0.29, 0.717) is 0 Å². The van der Waals surface area contributed by atoms with E-state index in [1.165, 1.54) is 37.1 Å². The van der Waals surface area contributed by atoms with Crippen LogP contribution in [0.3, 0.4) is 0 Å². The van der Waals surface area contributed by atoms with Gasteiger partial charge in [0.15, 0.2) is 0 Å². The molecule has 0 N–H and O–H groups in total.